The second-order valence-corrected chi connectivity index (χ2v) is 8.61. The molecule has 7 heteroatoms. The number of carbonyl (C=O) groups excluding carboxylic acids is 1. The van der Waals surface area contributed by atoms with Crippen molar-refractivity contribution in [3.8, 4) is 0 Å². The van der Waals surface area contributed by atoms with Crippen LogP contribution in [0.2, 0.25) is 0 Å². The van der Waals surface area contributed by atoms with E-state index in [1.54, 1.807) is 12.1 Å². The molecule has 1 N–H and O–H groups in total. The SMILES string of the molecule is C[C@@H](Nc1nnc(C2C[C@H]2c2ccccc2F)o1)C(=O)N1CCC2(CC1)CC2. The topological polar surface area (TPSA) is 71.3 Å². The van der Waals surface area contributed by atoms with Crippen molar-refractivity contribution in [2.75, 3.05) is 18.4 Å². The van der Waals surface area contributed by atoms with Crippen LogP contribution in [0.5, 0.6) is 0 Å². The van der Waals surface area contributed by atoms with E-state index < -0.39 is 6.04 Å². The van der Waals surface area contributed by atoms with Crippen LogP contribution in [0, 0.1) is 11.2 Å². The van der Waals surface area contributed by atoms with E-state index in [0.29, 0.717) is 16.9 Å². The molecule has 1 amide bonds. The predicted octanol–water partition coefficient (Wildman–Crippen LogP) is 3.68. The first kappa shape index (κ1) is 17.6. The van der Waals surface area contributed by atoms with Gasteiger partial charge >= 0.3 is 6.01 Å². The van der Waals surface area contributed by atoms with E-state index >= 15 is 0 Å². The van der Waals surface area contributed by atoms with Gasteiger partial charge < -0.3 is 14.6 Å². The monoisotopic (exact) mass is 384 g/mol. The van der Waals surface area contributed by atoms with Gasteiger partial charge in [-0.1, -0.05) is 23.3 Å². The number of likely N-dealkylation sites (tertiary alicyclic amines) is 1. The summed E-state index contributed by atoms with van der Waals surface area (Å²) in [6, 6.07) is 6.66. The third-order valence-corrected chi connectivity index (χ3v) is 6.66. The standard InChI is InChI=1S/C21H25FN4O2/c1-13(19(27)26-10-8-21(6-7-21)9-11-26)23-20-25-24-18(28-20)16-12-15(16)14-4-2-3-5-17(14)22/h2-5,13,15-16H,6-12H2,1H3,(H,23,25)/t13-,15+,16?/m1/s1. The average Bonchev–Trinajstić information content (AvgIpc) is 3.61. The Bertz CT molecular complexity index is 884. The van der Waals surface area contributed by atoms with Gasteiger partial charge in [-0.3, -0.25) is 4.79 Å². The van der Waals surface area contributed by atoms with E-state index in [9.17, 15) is 9.18 Å². The number of carbonyl (C=O) groups is 1. The van der Waals surface area contributed by atoms with Crippen molar-refractivity contribution in [1.29, 1.82) is 0 Å². The van der Waals surface area contributed by atoms with Gasteiger partial charge in [0.1, 0.15) is 11.9 Å². The summed E-state index contributed by atoms with van der Waals surface area (Å²) in [7, 11) is 0. The van der Waals surface area contributed by atoms with E-state index in [1.165, 1.54) is 18.9 Å². The number of rotatable bonds is 5. The van der Waals surface area contributed by atoms with Crippen LogP contribution in [0.4, 0.5) is 10.4 Å². The predicted molar refractivity (Wildman–Crippen MR) is 101 cm³/mol. The Balaban J connectivity index is 1.18. The van der Waals surface area contributed by atoms with Gasteiger partial charge in [0.25, 0.3) is 0 Å². The number of hydrogen-bond acceptors (Lipinski definition) is 5. The van der Waals surface area contributed by atoms with Crippen LogP contribution in [0.3, 0.4) is 0 Å². The summed E-state index contributed by atoms with van der Waals surface area (Å²) in [5, 5.41) is 11.2. The first-order valence-corrected chi connectivity index (χ1v) is 10.2. The molecule has 148 valence electrons. The number of nitrogens with one attached hydrogen (secondary N) is 1. The Hall–Kier alpha value is -2.44. The van der Waals surface area contributed by atoms with E-state index in [0.717, 1.165) is 32.4 Å². The summed E-state index contributed by atoms with van der Waals surface area (Å²) in [5.41, 5.74) is 1.25. The molecule has 3 atom stereocenters. The fraction of sp³-hybridized carbons (Fsp3) is 0.571. The van der Waals surface area contributed by atoms with Gasteiger partial charge in [-0.2, -0.15) is 0 Å². The molecule has 2 aromatic rings. The van der Waals surface area contributed by atoms with E-state index in [-0.39, 0.29) is 29.6 Å². The van der Waals surface area contributed by atoms with Gasteiger partial charge in [0.15, 0.2) is 0 Å². The van der Waals surface area contributed by atoms with Crippen molar-refractivity contribution in [2.24, 2.45) is 5.41 Å². The highest BCUT2D eigenvalue weighted by atomic mass is 19.1. The number of aromatic nitrogens is 2. The van der Waals surface area contributed by atoms with Crippen molar-refractivity contribution < 1.29 is 13.6 Å². The molecule has 0 radical (unpaired) electrons. The van der Waals surface area contributed by atoms with E-state index in [2.05, 4.69) is 15.5 Å². The maximum absolute atomic E-state index is 13.9. The molecular weight excluding hydrogens is 359 g/mol. The minimum Gasteiger partial charge on any atom is -0.408 e. The molecule has 0 bridgehead atoms. The van der Waals surface area contributed by atoms with Crippen molar-refractivity contribution in [3.63, 3.8) is 0 Å². The molecule has 2 saturated carbocycles. The van der Waals surface area contributed by atoms with E-state index in [1.807, 2.05) is 17.9 Å². The average molecular weight is 384 g/mol. The maximum Gasteiger partial charge on any atom is 0.316 e. The summed E-state index contributed by atoms with van der Waals surface area (Å²) in [5.74, 6) is 0.510. The molecule has 1 aromatic heterocycles. The summed E-state index contributed by atoms with van der Waals surface area (Å²) < 4.78 is 19.7. The van der Waals surface area contributed by atoms with Gasteiger partial charge in [-0.25, -0.2) is 4.39 Å². The molecule has 1 spiro atoms. The molecule has 2 heterocycles. The van der Waals surface area contributed by atoms with E-state index in [4.69, 9.17) is 4.42 Å². The second-order valence-electron chi connectivity index (χ2n) is 8.61. The highest BCUT2D eigenvalue weighted by Crippen LogP contribution is 2.55. The number of benzene rings is 1. The molecule has 1 aliphatic heterocycles. The number of amides is 1. The lowest BCUT2D eigenvalue weighted by Gasteiger charge is -2.33. The van der Waals surface area contributed by atoms with Crippen molar-refractivity contribution in [3.05, 3.63) is 41.5 Å². The van der Waals surface area contributed by atoms with Gasteiger partial charge in [0.05, 0.1) is 0 Å². The van der Waals surface area contributed by atoms with Crippen LogP contribution in [-0.4, -0.2) is 40.1 Å². The lowest BCUT2D eigenvalue weighted by molar-refractivity contribution is -0.133. The Morgan fingerprint density at radius 1 is 1.21 bits per heavy atom. The fourth-order valence-corrected chi connectivity index (χ4v) is 4.43. The molecule has 5 rings (SSSR count). The van der Waals surface area contributed by atoms with Crippen LogP contribution in [0.25, 0.3) is 0 Å². The summed E-state index contributed by atoms with van der Waals surface area (Å²) in [6.07, 6.45) is 5.68. The number of piperidine rings is 1. The molecule has 6 nitrogen and oxygen atoms in total. The molecule has 28 heavy (non-hydrogen) atoms. The van der Waals surface area contributed by atoms with Crippen LogP contribution in [0.15, 0.2) is 28.7 Å². The zero-order valence-electron chi connectivity index (χ0n) is 16.0. The highest BCUT2D eigenvalue weighted by molar-refractivity contribution is 5.83. The Morgan fingerprint density at radius 3 is 2.68 bits per heavy atom. The van der Waals surface area contributed by atoms with Crippen LogP contribution in [0.1, 0.15) is 62.3 Å². The Kier molecular flexibility index (Phi) is 4.14. The van der Waals surface area contributed by atoms with Crippen molar-refractivity contribution >= 4 is 11.9 Å². The lowest BCUT2D eigenvalue weighted by atomic mass is 9.93. The molecule has 3 fully saturated rings. The normalized spacial score (nSPS) is 26.1. The number of nitrogens with zero attached hydrogens (tertiary/aromatic N) is 3. The molecule has 3 aliphatic rings. The number of hydrogen-bond donors (Lipinski definition) is 1. The Labute approximate surface area is 163 Å². The maximum atomic E-state index is 13.9. The minimum absolute atomic E-state index is 0.0442. The van der Waals surface area contributed by atoms with Crippen LogP contribution in [-0.2, 0) is 4.79 Å². The largest absolute Gasteiger partial charge is 0.408 e. The molecule has 1 aromatic carbocycles. The second kappa shape index (κ2) is 6.57. The van der Waals surface area contributed by atoms with Gasteiger partial charge in [-0.05, 0) is 62.0 Å². The summed E-state index contributed by atoms with van der Waals surface area (Å²) in [4.78, 5) is 14.6. The molecule has 1 saturated heterocycles. The summed E-state index contributed by atoms with van der Waals surface area (Å²) >= 11 is 0. The first-order chi connectivity index (χ1) is 13.5. The third-order valence-electron chi connectivity index (χ3n) is 6.66. The molecule has 1 unspecified atom stereocenters. The van der Waals surface area contributed by atoms with Gasteiger partial charge in [-0.15, -0.1) is 5.10 Å². The van der Waals surface area contributed by atoms with Crippen molar-refractivity contribution in [2.45, 2.75) is 56.9 Å². The van der Waals surface area contributed by atoms with Crippen molar-refractivity contribution in [1.82, 2.24) is 15.1 Å². The highest BCUT2D eigenvalue weighted by Gasteiger charge is 2.46. The quantitative estimate of drug-likeness (QED) is 0.851. The number of halogens is 1. The molecule has 2 aliphatic carbocycles. The third kappa shape index (κ3) is 3.27. The number of anilines is 1. The van der Waals surface area contributed by atoms with Gasteiger partial charge in [0, 0.05) is 19.0 Å². The lowest BCUT2D eigenvalue weighted by Crippen LogP contribution is -2.45. The minimum atomic E-state index is -0.414. The van der Waals surface area contributed by atoms with Gasteiger partial charge in [0.2, 0.25) is 11.8 Å². The smallest absolute Gasteiger partial charge is 0.316 e. The van der Waals surface area contributed by atoms with Crippen LogP contribution < -0.4 is 5.32 Å². The zero-order chi connectivity index (χ0) is 19.3. The molecular formula is C21H25FN4O2. The first-order valence-electron chi connectivity index (χ1n) is 10.2. The Morgan fingerprint density at radius 2 is 1.96 bits per heavy atom. The zero-order valence-corrected chi connectivity index (χ0v) is 16.0. The van der Waals surface area contributed by atoms with Crippen LogP contribution >= 0.6 is 0 Å². The summed E-state index contributed by atoms with van der Waals surface area (Å²) in [6.45, 7) is 3.51. The fourth-order valence-electron chi connectivity index (χ4n) is 4.43.